The van der Waals surface area contributed by atoms with Gasteiger partial charge in [-0.1, -0.05) is 155 Å². The Balaban J connectivity index is 3.11. The van der Waals surface area contributed by atoms with Crippen LogP contribution in [0.15, 0.2) is 0 Å². The van der Waals surface area contributed by atoms with Crippen molar-refractivity contribution < 1.29 is 66.4 Å². The molecule has 0 bridgehead atoms. The molecule has 0 saturated carbocycles. The second-order valence-corrected chi connectivity index (χ2v) is 17.1. The van der Waals surface area contributed by atoms with E-state index in [4.69, 9.17) is 61.6 Å². The highest BCUT2D eigenvalue weighted by Gasteiger charge is 2.03. The van der Waals surface area contributed by atoms with E-state index in [1.54, 1.807) is 0 Å². The number of rotatable bonds is 62. The third-order valence-electron chi connectivity index (χ3n) is 11.0. The molecule has 0 unspecified atom stereocenters. The molecule has 0 aliphatic carbocycles. The Morgan fingerprint density at radius 3 is 0.627 bits per heavy atom. The first-order valence-electron chi connectivity index (χ1n) is 27.4. The molecule has 0 fully saturated rings. The van der Waals surface area contributed by atoms with Gasteiger partial charge in [-0.05, 0) is 12.8 Å². The van der Waals surface area contributed by atoms with Crippen molar-refractivity contribution in [2.45, 2.75) is 174 Å². The first kappa shape index (κ1) is 66.0. The summed E-state index contributed by atoms with van der Waals surface area (Å²) in [6.07, 6.45) is 32.2. The van der Waals surface area contributed by atoms with Crippen LogP contribution in [0.1, 0.15) is 174 Å². The molecule has 0 radical (unpaired) electrons. The maximum atomic E-state index is 11.9. The smallest absolute Gasteiger partial charge is 0.305 e. The molecule has 0 aromatic carbocycles. The summed E-state index contributed by atoms with van der Waals surface area (Å²) < 4.78 is 71.8. The fraction of sp³-hybridized carbons (Fsp3) is 0.981. The molecule has 0 rings (SSSR count). The fourth-order valence-electron chi connectivity index (χ4n) is 6.96. The van der Waals surface area contributed by atoms with E-state index in [1.807, 2.05) is 0 Å². The molecule has 14 nitrogen and oxygen atoms in total. The number of unbranched alkanes of at least 4 members (excludes halogenated alkanes) is 22. The van der Waals surface area contributed by atoms with Gasteiger partial charge in [0.25, 0.3) is 0 Å². The zero-order valence-corrected chi connectivity index (χ0v) is 43.6. The van der Waals surface area contributed by atoms with Crippen LogP contribution in [0.2, 0.25) is 0 Å². The third kappa shape index (κ3) is 63.0. The van der Waals surface area contributed by atoms with Gasteiger partial charge in [0, 0.05) is 13.0 Å². The minimum absolute atomic E-state index is 0.131. The predicted octanol–water partition coefficient (Wildman–Crippen LogP) is 10.5. The molecule has 0 aliphatic heterocycles. The zero-order valence-electron chi connectivity index (χ0n) is 43.6. The summed E-state index contributed by atoms with van der Waals surface area (Å²) in [7, 11) is 0. The Morgan fingerprint density at radius 1 is 0.209 bits per heavy atom. The van der Waals surface area contributed by atoms with Gasteiger partial charge in [0.1, 0.15) is 6.61 Å². The molecular weight excluding hydrogens is 861 g/mol. The van der Waals surface area contributed by atoms with Crippen molar-refractivity contribution in [2.75, 3.05) is 165 Å². The summed E-state index contributed by atoms with van der Waals surface area (Å²) in [5, 5.41) is 0. The lowest BCUT2D eigenvalue weighted by Gasteiger charge is -2.09. The predicted molar refractivity (Wildman–Crippen MR) is 268 cm³/mol. The number of carbonyl (C=O) groups is 1. The van der Waals surface area contributed by atoms with Crippen LogP contribution in [-0.2, 0) is 66.4 Å². The van der Waals surface area contributed by atoms with Gasteiger partial charge in [-0.15, -0.1) is 0 Å². The van der Waals surface area contributed by atoms with Crippen molar-refractivity contribution in [1.82, 2.24) is 0 Å². The van der Waals surface area contributed by atoms with E-state index in [9.17, 15) is 4.79 Å². The largest absolute Gasteiger partial charge is 0.463 e. The van der Waals surface area contributed by atoms with Gasteiger partial charge in [0.05, 0.1) is 152 Å². The van der Waals surface area contributed by atoms with Crippen LogP contribution in [0.4, 0.5) is 0 Å². The normalized spacial score (nSPS) is 11.6. The van der Waals surface area contributed by atoms with Crippen LogP contribution in [-0.4, -0.2) is 171 Å². The highest BCUT2D eigenvalue weighted by atomic mass is 16.6. The lowest BCUT2D eigenvalue weighted by atomic mass is 10.0. The molecule has 0 aliphatic rings. The Bertz CT molecular complexity index is 889. The van der Waals surface area contributed by atoms with Crippen molar-refractivity contribution in [2.24, 2.45) is 0 Å². The maximum Gasteiger partial charge on any atom is 0.305 e. The molecule has 0 atom stereocenters. The number of hydrogen-bond donors (Lipinski definition) is 0. The molecule has 0 heterocycles. The number of hydrogen-bond acceptors (Lipinski definition) is 14. The summed E-state index contributed by atoms with van der Waals surface area (Å²) in [4.78, 5) is 11.9. The van der Waals surface area contributed by atoms with Crippen molar-refractivity contribution in [3.05, 3.63) is 0 Å². The average Bonchev–Trinajstić information content (AvgIpc) is 3.33. The van der Waals surface area contributed by atoms with Crippen LogP contribution in [0, 0.1) is 0 Å². The summed E-state index contributed by atoms with van der Waals surface area (Å²) >= 11 is 0. The third-order valence-corrected chi connectivity index (χ3v) is 11.0. The minimum atomic E-state index is -0.131. The molecule has 0 spiro atoms. The molecule has 0 amide bonds. The summed E-state index contributed by atoms with van der Waals surface area (Å²) in [6, 6.07) is 0. The van der Waals surface area contributed by atoms with E-state index in [0.29, 0.717) is 158 Å². The Labute approximate surface area is 410 Å². The van der Waals surface area contributed by atoms with Crippen molar-refractivity contribution in [1.29, 1.82) is 0 Å². The Kier molecular flexibility index (Phi) is 62.1. The molecular formula is C53H106O14. The van der Waals surface area contributed by atoms with Gasteiger partial charge in [0.15, 0.2) is 0 Å². The molecule has 402 valence electrons. The quantitative estimate of drug-likeness (QED) is 0.0422. The van der Waals surface area contributed by atoms with Crippen LogP contribution < -0.4 is 0 Å². The number of esters is 1. The molecule has 0 saturated heterocycles. The van der Waals surface area contributed by atoms with E-state index in [0.717, 1.165) is 25.9 Å². The maximum absolute atomic E-state index is 11.9. The first-order valence-corrected chi connectivity index (χ1v) is 27.4. The summed E-state index contributed by atoms with van der Waals surface area (Å²) in [6.45, 7) is 17.5. The average molecular weight is 967 g/mol. The lowest BCUT2D eigenvalue weighted by Crippen LogP contribution is -2.15. The van der Waals surface area contributed by atoms with Gasteiger partial charge in [-0.3, -0.25) is 4.79 Å². The van der Waals surface area contributed by atoms with Crippen molar-refractivity contribution >= 4 is 5.97 Å². The van der Waals surface area contributed by atoms with Gasteiger partial charge in [0.2, 0.25) is 0 Å². The Hall–Kier alpha value is -1.01. The standard InChI is InChI=1S/C53H106O14/c1-3-5-7-9-11-13-15-16-17-19-21-23-25-27-53(54)67-52-51-66-50-49-65-48-47-64-46-45-63-44-43-62-42-41-61-40-39-60-38-37-59-36-35-58-34-33-57-32-31-56-30-29-55-28-26-24-22-20-18-14-12-10-8-6-4-2/h3-52H2,1-2H3. The van der Waals surface area contributed by atoms with Crippen LogP contribution in [0.5, 0.6) is 0 Å². The lowest BCUT2D eigenvalue weighted by molar-refractivity contribution is -0.145. The van der Waals surface area contributed by atoms with Gasteiger partial charge < -0.3 is 61.6 Å². The Morgan fingerprint density at radius 2 is 0.388 bits per heavy atom. The van der Waals surface area contributed by atoms with Crippen LogP contribution in [0.3, 0.4) is 0 Å². The van der Waals surface area contributed by atoms with Crippen molar-refractivity contribution in [3.63, 3.8) is 0 Å². The van der Waals surface area contributed by atoms with E-state index >= 15 is 0 Å². The molecule has 14 heteroatoms. The molecule has 0 aromatic rings. The SMILES string of the molecule is CCCCCCCCCCCCCCCC(=O)OCCOCCOCCOCCOCCOCCOCCOCCOCCOCCOCCOCCOCCCCCCCCCCCCC. The van der Waals surface area contributed by atoms with E-state index in [1.165, 1.54) is 135 Å². The molecule has 0 N–H and O–H groups in total. The summed E-state index contributed by atoms with van der Waals surface area (Å²) in [5.74, 6) is -0.131. The van der Waals surface area contributed by atoms with Gasteiger partial charge in [-0.2, -0.15) is 0 Å². The van der Waals surface area contributed by atoms with Gasteiger partial charge >= 0.3 is 5.97 Å². The summed E-state index contributed by atoms with van der Waals surface area (Å²) in [5.41, 5.74) is 0. The first-order chi connectivity index (χ1) is 33.3. The van der Waals surface area contributed by atoms with Gasteiger partial charge in [-0.25, -0.2) is 0 Å². The van der Waals surface area contributed by atoms with E-state index < -0.39 is 0 Å². The zero-order chi connectivity index (χ0) is 48.1. The second-order valence-electron chi connectivity index (χ2n) is 17.1. The topological polar surface area (TPSA) is 137 Å². The van der Waals surface area contributed by atoms with Crippen LogP contribution >= 0.6 is 0 Å². The number of carbonyl (C=O) groups excluding carboxylic acids is 1. The fourth-order valence-corrected chi connectivity index (χ4v) is 6.96. The van der Waals surface area contributed by atoms with E-state index in [-0.39, 0.29) is 12.6 Å². The highest BCUT2D eigenvalue weighted by molar-refractivity contribution is 5.69. The van der Waals surface area contributed by atoms with Crippen molar-refractivity contribution in [3.8, 4) is 0 Å². The molecule has 67 heavy (non-hydrogen) atoms. The monoisotopic (exact) mass is 967 g/mol. The molecule has 0 aromatic heterocycles. The highest BCUT2D eigenvalue weighted by Crippen LogP contribution is 2.14. The number of ether oxygens (including phenoxy) is 13. The second kappa shape index (κ2) is 63.0. The van der Waals surface area contributed by atoms with Crippen LogP contribution in [0.25, 0.3) is 0 Å². The minimum Gasteiger partial charge on any atom is -0.463 e. The van der Waals surface area contributed by atoms with E-state index in [2.05, 4.69) is 13.8 Å².